The smallest absolute Gasteiger partial charge is 0.319 e. The number of hydrogen-bond acceptors (Lipinski definition) is 5. The van der Waals surface area contributed by atoms with Gasteiger partial charge < -0.3 is 9.47 Å². The molecular weight excluding hydrogens is 312 g/mol. The van der Waals surface area contributed by atoms with Crippen molar-refractivity contribution in [1.29, 1.82) is 0 Å². The van der Waals surface area contributed by atoms with Gasteiger partial charge in [-0.05, 0) is 65.2 Å². The molecule has 132 valence electrons. The van der Waals surface area contributed by atoms with Crippen molar-refractivity contribution in [3.8, 4) is 0 Å². The molecule has 0 radical (unpaired) electrons. The highest BCUT2D eigenvalue weighted by Crippen LogP contribution is 2.26. The van der Waals surface area contributed by atoms with Crippen LogP contribution >= 0.6 is 11.8 Å². The van der Waals surface area contributed by atoms with E-state index in [0.717, 1.165) is 51.4 Å². The zero-order valence-electron chi connectivity index (χ0n) is 14.4. The fourth-order valence-electron chi connectivity index (χ4n) is 3.30. The van der Waals surface area contributed by atoms with Crippen molar-refractivity contribution in [3.63, 3.8) is 0 Å². The Morgan fingerprint density at radius 3 is 1.43 bits per heavy atom. The average Bonchev–Trinajstić information content (AvgIpc) is 2.56. The van der Waals surface area contributed by atoms with Crippen molar-refractivity contribution in [1.82, 2.24) is 0 Å². The number of ether oxygens (including phenoxy) is 2. The van der Waals surface area contributed by atoms with Gasteiger partial charge in [0.05, 0.1) is 0 Å². The third-order valence-corrected chi connectivity index (χ3v) is 5.94. The van der Waals surface area contributed by atoms with Crippen molar-refractivity contribution >= 4 is 23.7 Å². The van der Waals surface area contributed by atoms with Gasteiger partial charge in [-0.15, -0.1) is 11.8 Å². The van der Waals surface area contributed by atoms with E-state index in [2.05, 4.69) is 0 Å². The fraction of sp³-hybridized carbons (Fsp3) is 0.889. The van der Waals surface area contributed by atoms with Crippen LogP contribution < -0.4 is 0 Å². The second-order valence-electron chi connectivity index (χ2n) is 6.81. The molecule has 0 aliphatic heterocycles. The lowest BCUT2D eigenvalue weighted by molar-refractivity contribution is -0.149. The van der Waals surface area contributed by atoms with E-state index in [1.54, 1.807) is 0 Å². The van der Waals surface area contributed by atoms with Gasteiger partial charge in [-0.25, -0.2) is 0 Å². The summed E-state index contributed by atoms with van der Waals surface area (Å²) in [5, 5.41) is -0.656. The lowest BCUT2D eigenvalue weighted by Crippen LogP contribution is -2.30. The number of esters is 2. The third-order valence-electron chi connectivity index (χ3n) is 4.74. The Morgan fingerprint density at radius 1 is 0.739 bits per heavy atom. The van der Waals surface area contributed by atoms with E-state index in [0.29, 0.717) is 0 Å². The van der Waals surface area contributed by atoms with Crippen molar-refractivity contribution in [2.24, 2.45) is 0 Å². The molecular formula is C18H30O4S. The standard InChI is InChI=1S/C18H30O4S/c1-13(17(19)21-15-9-5-3-6-10-15)23-14(2)18(20)22-16-11-7-4-8-12-16/h13-16H,3-12H2,1-2H3. The van der Waals surface area contributed by atoms with Gasteiger partial charge in [0, 0.05) is 0 Å². The molecule has 5 heteroatoms. The summed E-state index contributed by atoms with van der Waals surface area (Å²) >= 11 is 1.34. The van der Waals surface area contributed by atoms with Gasteiger partial charge in [0.25, 0.3) is 0 Å². The predicted octanol–water partition coefficient (Wildman–Crippen LogP) is 4.25. The molecule has 0 spiro atoms. The van der Waals surface area contributed by atoms with E-state index in [1.165, 1.54) is 24.6 Å². The Balaban J connectivity index is 1.70. The predicted molar refractivity (Wildman–Crippen MR) is 92.4 cm³/mol. The lowest BCUT2D eigenvalue weighted by Gasteiger charge is -2.25. The molecule has 2 atom stereocenters. The molecule has 0 N–H and O–H groups in total. The van der Waals surface area contributed by atoms with Crippen LogP contribution in [0, 0.1) is 0 Å². The Morgan fingerprint density at radius 2 is 1.09 bits per heavy atom. The number of carbonyl (C=O) groups is 2. The minimum atomic E-state index is -0.328. The van der Waals surface area contributed by atoms with Crippen LogP contribution in [0.3, 0.4) is 0 Å². The van der Waals surface area contributed by atoms with Gasteiger partial charge in [-0.3, -0.25) is 9.59 Å². The molecule has 2 unspecified atom stereocenters. The van der Waals surface area contributed by atoms with Crippen LogP contribution in [0.25, 0.3) is 0 Å². The number of rotatable bonds is 6. The fourth-order valence-corrected chi connectivity index (χ4v) is 4.25. The van der Waals surface area contributed by atoms with Crippen LogP contribution in [-0.2, 0) is 19.1 Å². The van der Waals surface area contributed by atoms with E-state index in [1.807, 2.05) is 13.8 Å². The summed E-state index contributed by atoms with van der Waals surface area (Å²) in [6, 6.07) is 0. The van der Waals surface area contributed by atoms with Gasteiger partial charge in [0.15, 0.2) is 0 Å². The maximum absolute atomic E-state index is 12.2. The van der Waals surface area contributed by atoms with E-state index < -0.39 is 0 Å². The summed E-state index contributed by atoms with van der Waals surface area (Å²) in [6.07, 6.45) is 11.1. The largest absolute Gasteiger partial charge is 0.462 e. The van der Waals surface area contributed by atoms with Crippen molar-refractivity contribution in [2.75, 3.05) is 0 Å². The van der Waals surface area contributed by atoms with Crippen molar-refractivity contribution in [3.05, 3.63) is 0 Å². The summed E-state index contributed by atoms with van der Waals surface area (Å²) in [5.41, 5.74) is 0. The zero-order valence-corrected chi connectivity index (χ0v) is 15.2. The summed E-state index contributed by atoms with van der Waals surface area (Å²) in [6.45, 7) is 3.64. The average molecular weight is 343 g/mol. The summed E-state index contributed by atoms with van der Waals surface area (Å²) in [4.78, 5) is 24.3. The Kier molecular flexibility index (Phi) is 7.74. The first-order valence-corrected chi connectivity index (χ1v) is 10.1. The Bertz CT molecular complexity index is 350. The molecule has 2 fully saturated rings. The van der Waals surface area contributed by atoms with Crippen molar-refractivity contribution < 1.29 is 19.1 Å². The molecule has 2 aliphatic rings. The maximum atomic E-state index is 12.2. The molecule has 0 amide bonds. The first-order chi connectivity index (χ1) is 11.1. The minimum Gasteiger partial charge on any atom is -0.462 e. The number of carbonyl (C=O) groups excluding carboxylic acids is 2. The molecule has 2 saturated carbocycles. The quantitative estimate of drug-likeness (QED) is 0.676. The molecule has 4 nitrogen and oxygen atoms in total. The molecule has 0 aromatic heterocycles. The van der Waals surface area contributed by atoms with Crippen LogP contribution in [0.2, 0.25) is 0 Å². The molecule has 0 aromatic carbocycles. The molecule has 0 bridgehead atoms. The molecule has 0 saturated heterocycles. The number of thioether (sulfide) groups is 1. The lowest BCUT2D eigenvalue weighted by atomic mass is 9.98. The molecule has 2 aliphatic carbocycles. The molecule has 23 heavy (non-hydrogen) atoms. The molecule has 0 aromatic rings. The van der Waals surface area contributed by atoms with Crippen LogP contribution in [0.5, 0.6) is 0 Å². The van der Waals surface area contributed by atoms with Crippen LogP contribution in [0.15, 0.2) is 0 Å². The summed E-state index contributed by atoms with van der Waals surface area (Å²) < 4.78 is 11.1. The van der Waals surface area contributed by atoms with Crippen LogP contribution in [0.1, 0.15) is 78.1 Å². The number of hydrogen-bond donors (Lipinski definition) is 0. The Hall–Kier alpha value is -0.710. The molecule has 2 rings (SSSR count). The summed E-state index contributed by atoms with van der Waals surface area (Å²) in [5.74, 6) is -0.390. The monoisotopic (exact) mass is 342 g/mol. The van der Waals surface area contributed by atoms with Crippen LogP contribution in [0.4, 0.5) is 0 Å². The first kappa shape index (κ1) is 18.6. The van der Waals surface area contributed by atoms with E-state index in [9.17, 15) is 9.59 Å². The normalized spacial score (nSPS) is 23.0. The van der Waals surface area contributed by atoms with Gasteiger partial charge in [-0.2, -0.15) is 0 Å². The summed E-state index contributed by atoms with van der Waals surface area (Å²) in [7, 11) is 0. The van der Waals surface area contributed by atoms with Gasteiger partial charge in [0.1, 0.15) is 22.7 Å². The van der Waals surface area contributed by atoms with Gasteiger partial charge in [0.2, 0.25) is 0 Å². The first-order valence-electron chi connectivity index (χ1n) is 9.12. The SMILES string of the molecule is CC(SC(C)C(=O)OC1CCCCC1)C(=O)OC1CCCCC1. The Labute approximate surface area is 144 Å². The van der Waals surface area contributed by atoms with E-state index in [-0.39, 0.29) is 34.6 Å². The van der Waals surface area contributed by atoms with E-state index in [4.69, 9.17) is 9.47 Å². The maximum Gasteiger partial charge on any atom is 0.319 e. The minimum absolute atomic E-state index is 0.0730. The highest BCUT2D eigenvalue weighted by Gasteiger charge is 2.28. The van der Waals surface area contributed by atoms with Gasteiger partial charge in [-0.1, -0.05) is 12.8 Å². The highest BCUT2D eigenvalue weighted by atomic mass is 32.2. The third kappa shape index (κ3) is 6.36. The van der Waals surface area contributed by atoms with Crippen molar-refractivity contribution in [2.45, 2.75) is 101 Å². The van der Waals surface area contributed by atoms with Crippen LogP contribution in [-0.4, -0.2) is 34.6 Å². The zero-order chi connectivity index (χ0) is 16.7. The molecule has 0 heterocycles. The topological polar surface area (TPSA) is 52.6 Å². The van der Waals surface area contributed by atoms with E-state index >= 15 is 0 Å². The highest BCUT2D eigenvalue weighted by molar-refractivity contribution is 8.01. The van der Waals surface area contributed by atoms with Gasteiger partial charge >= 0.3 is 11.9 Å². The second kappa shape index (κ2) is 9.55. The second-order valence-corrected chi connectivity index (χ2v) is 8.50.